The molecule has 1 N–H and O–H groups in total. The summed E-state index contributed by atoms with van der Waals surface area (Å²) in [7, 11) is 3.36. The lowest BCUT2D eigenvalue weighted by Crippen LogP contribution is -2.46. The van der Waals surface area contributed by atoms with Gasteiger partial charge in [0.15, 0.2) is 5.78 Å². The van der Waals surface area contributed by atoms with Crippen LogP contribution >= 0.6 is 0 Å². The van der Waals surface area contributed by atoms with E-state index >= 15 is 0 Å². The monoisotopic (exact) mass is 382 g/mol. The van der Waals surface area contributed by atoms with Gasteiger partial charge in [0, 0.05) is 35.3 Å². The Morgan fingerprint density at radius 3 is 2.86 bits per heavy atom. The number of aromatic amines is 1. The van der Waals surface area contributed by atoms with E-state index in [1.807, 2.05) is 12.1 Å². The second-order valence-corrected chi connectivity index (χ2v) is 8.04. The Hall–Kier alpha value is -2.27. The number of benzene rings is 1. The van der Waals surface area contributed by atoms with Gasteiger partial charge in [-0.2, -0.15) is 0 Å². The number of aromatic nitrogens is 1. The predicted octanol–water partition coefficient (Wildman–Crippen LogP) is 4.24. The van der Waals surface area contributed by atoms with Crippen molar-refractivity contribution < 1.29 is 14.3 Å². The van der Waals surface area contributed by atoms with Crippen LogP contribution in [0.4, 0.5) is 0 Å². The van der Waals surface area contributed by atoms with Gasteiger partial charge < -0.3 is 14.5 Å². The van der Waals surface area contributed by atoms with Gasteiger partial charge in [0.2, 0.25) is 0 Å². The molecule has 5 nitrogen and oxygen atoms in total. The molecule has 1 fully saturated rings. The lowest BCUT2D eigenvalue weighted by molar-refractivity contribution is -0.114. The molecule has 0 unspecified atom stereocenters. The van der Waals surface area contributed by atoms with E-state index in [1.165, 1.54) is 16.6 Å². The number of nitrogens with zero attached hydrogens (tertiary/aromatic N) is 1. The quantitative estimate of drug-likeness (QED) is 0.621. The molecule has 4 rings (SSSR count). The lowest BCUT2D eigenvalue weighted by Gasteiger charge is -2.46. The van der Waals surface area contributed by atoms with Gasteiger partial charge in [-0.3, -0.25) is 9.69 Å². The fourth-order valence-corrected chi connectivity index (χ4v) is 5.31. The van der Waals surface area contributed by atoms with Crippen LogP contribution in [-0.4, -0.2) is 43.0 Å². The Kier molecular flexibility index (Phi) is 5.19. The smallest absolute Gasteiger partial charge is 0.159 e. The van der Waals surface area contributed by atoms with Crippen LogP contribution in [-0.2, 0) is 16.0 Å². The zero-order valence-electron chi connectivity index (χ0n) is 17.2. The molecule has 0 amide bonds. The van der Waals surface area contributed by atoms with Gasteiger partial charge in [0.1, 0.15) is 5.75 Å². The largest absolute Gasteiger partial charge is 0.504 e. The van der Waals surface area contributed by atoms with Crippen molar-refractivity contribution in [2.24, 2.45) is 11.8 Å². The number of allylic oxidation sites excluding steroid dienone is 1. The van der Waals surface area contributed by atoms with Gasteiger partial charge in [-0.05, 0) is 49.3 Å². The average molecular weight is 383 g/mol. The molecular formula is C23H30N2O3. The zero-order valence-corrected chi connectivity index (χ0v) is 17.2. The van der Waals surface area contributed by atoms with Crippen LogP contribution in [0, 0.1) is 11.8 Å². The second kappa shape index (κ2) is 7.63. The molecule has 28 heavy (non-hydrogen) atoms. The fourth-order valence-electron chi connectivity index (χ4n) is 5.31. The van der Waals surface area contributed by atoms with Gasteiger partial charge in [-0.1, -0.05) is 19.4 Å². The Morgan fingerprint density at radius 2 is 2.18 bits per heavy atom. The first-order valence-electron chi connectivity index (χ1n) is 10.2. The maximum atomic E-state index is 12.3. The third-order valence-electron chi connectivity index (χ3n) is 6.66. The number of H-pyrrole nitrogens is 1. The van der Waals surface area contributed by atoms with Gasteiger partial charge in [-0.15, -0.1) is 0 Å². The van der Waals surface area contributed by atoms with Crippen LogP contribution < -0.4 is 4.74 Å². The zero-order chi connectivity index (χ0) is 19.8. The normalized spacial score (nSPS) is 25.3. The molecule has 0 aliphatic carbocycles. The number of fused-ring (bicyclic) bond motifs is 5. The van der Waals surface area contributed by atoms with Crippen molar-refractivity contribution in [3.63, 3.8) is 0 Å². The van der Waals surface area contributed by atoms with Crippen molar-refractivity contribution >= 4 is 16.7 Å². The minimum Gasteiger partial charge on any atom is -0.504 e. The van der Waals surface area contributed by atoms with Crippen molar-refractivity contribution in [2.75, 3.05) is 27.3 Å². The van der Waals surface area contributed by atoms with Crippen LogP contribution in [0.3, 0.4) is 0 Å². The highest BCUT2D eigenvalue weighted by molar-refractivity contribution is 5.93. The molecule has 0 spiro atoms. The first-order chi connectivity index (χ1) is 13.6. The molecule has 150 valence electrons. The van der Waals surface area contributed by atoms with Crippen LogP contribution in [0.5, 0.6) is 5.75 Å². The molecule has 0 saturated carbocycles. The third-order valence-corrected chi connectivity index (χ3v) is 6.66. The third kappa shape index (κ3) is 3.02. The molecule has 1 saturated heterocycles. The number of ether oxygens (including phenoxy) is 2. The van der Waals surface area contributed by atoms with E-state index in [-0.39, 0.29) is 11.7 Å². The Bertz CT molecular complexity index is 914. The molecule has 1 aromatic carbocycles. The molecule has 0 radical (unpaired) electrons. The van der Waals surface area contributed by atoms with Crippen LogP contribution in [0.25, 0.3) is 10.9 Å². The van der Waals surface area contributed by atoms with Crippen molar-refractivity contribution in [2.45, 2.75) is 39.2 Å². The molecule has 3 heterocycles. The first kappa shape index (κ1) is 19.1. The first-order valence-corrected chi connectivity index (χ1v) is 10.2. The van der Waals surface area contributed by atoms with E-state index in [1.54, 1.807) is 27.4 Å². The predicted molar refractivity (Wildman–Crippen MR) is 111 cm³/mol. The SMILES string of the molecule is CC[C@@H]1CN2CCc3c([nH]c4cccc(OC)c34)[C@@H]2C[C@@H]1/C(=C\OC)C(C)=O. The van der Waals surface area contributed by atoms with Crippen LogP contribution in [0.1, 0.15) is 44.0 Å². The highest BCUT2D eigenvalue weighted by Gasteiger charge is 2.41. The maximum absolute atomic E-state index is 12.3. The summed E-state index contributed by atoms with van der Waals surface area (Å²) < 4.78 is 10.9. The summed E-state index contributed by atoms with van der Waals surface area (Å²) in [6.07, 6.45) is 4.70. The number of carbonyl (C=O) groups excluding carboxylic acids is 1. The minimum atomic E-state index is 0.119. The van der Waals surface area contributed by atoms with Crippen LogP contribution in [0.2, 0.25) is 0 Å². The molecule has 3 atom stereocenters. The maximum Gasteiger partial charge on any atom is 0.159 e. The number of Topliss-reactive ketones (excluding diaryl/α,β-unsaturated/α-hetero) is 1. The fraction of sp³-hybridized carbons (Fsp3) is 0.522. The number of hydrogen-bond acceptors (Lipinski definition) is 4. The van der Waals surface area contributed by atoms with Crippen molar-refractivity contribution in [3.05, 3.63) is 41.3 Å². The lowest BCUT2D eigenvalue weighted by atomic mass is 9.73. The van der Waals surface area contributed by atoms with E-state index < -0.39 is 0 Å². The number of hydrogen-bond donors (Lipinski definition) is 1. The highest BCUT2D eigenvalue weighted by Crippen LogP contribution is 2.47. The van der Waals surface area contributed by atoms with Crippen molar-refractivity contribution in [1.29, 1.82) is 0 Å². The number of rotatable bonds is 5. The van der Waals surface area contributed by atoms with E-state index in [0.717, 1.165) is 49.2 Å². The van der Waals surface area contributed by atoms with Gasteiger partial charge in [0.05, 0.1) is 26.5 Å². The summed E-state index contributed by atoms with van der Waals surface area (Å²) in [4.78, 5) is 18.6. The molecular weight excluding hydrogens is 352 g/mol. The topological polar surface area (TPSA) is 54.6 Å². The van der Waals surface area contributed by atoms with Crippen molar-refractivity contribution in [3.8, 4) is 5.75 Å². The van der Waals surface area contributed by atoms with E-state index in [2.05, 4.69) is 22.9 Å². The molecule has 2 aliphatic heterocycles. The average Bonchev–Trinajstić information content (AvgIpc) is 3.10. The van der Waals surface area contributed by atoms with Gasteiger partial charge in [0.25, 0.3) is 0 Å². The van der Waals surface area contributed by atoms with Gasteiger partial charge >= 0.3 is 0 Å². The molecule has 2 aromatic rings. The second-order valence-electron chi connectivity index (χ2n) is 8.04. The number of nitrogens with one attached hydrogen (secondary N) is 1. The summed E-state index contributed by atoms with van der Waals surface area (Å²) in [5.41, 5.74) is 4.64. The minimum absolute atomic E-state index is 0.119. The van der Waals surface area contributed by atoms with Gasteiger partial charge in [-0.25, -0.2) is 0 Å². The summed E-state index contributed by atoms with van der Waals surface area (Å²) in [5.74, 6) is 1.75. The summed E-state index contributed by atoms with van der Waals surface area (Å²) in [6, 6.07) is 6.50. The van der Waals surface area contributed by atoms with Crippen LogP contribution in [0.15, 0.2) is 30.0 Å². The number of ketones is 1. The Labute approximate surface area is 166 Å². The number of piperidine rings is 1. The Morgan fingerprint density at radius 1 is 1.36 bits per heavy atom. The molecule has 1 aromatic heterocycles. The molecule has 5 heteroatoms. The number of carbonyl (C=O) groups is 1. The standard InChI is InChI=1S/C23H30N2O3/c1-5-15-12-25-10-9-16-22-19(7-6-8-21(22)28-4)24-23(16)20(25)11-17(15)18(13-27-3)14(2)26/h6-8,13,15,17,20,24H,5,9-12H2,1-4H3/b18-13-/t15-,17+,20+/m1/s1. The molecule has 0 bridgehead atoms. The summed E-state index contributed by atoms with van der Waals surface area (Å²) >= 11 is 0. The summed E-state index contributed by atoms with van der Waals surface area (Å²) in [6.45, 7) is 5.96. The highest BCUT2D eigenvalue weighted by atomic mass is 16.5. The van der Waals surface area contributed by atoms with E-state index in [9.17, 15) is 4.79 Å². The summed E-state index contributed by atoms with van der Waals surface area (Å²) in [5, 5.41) is 1.22. The van der Waals surface area contributed by atoms with Crippen molar-refractivity contribution in [1.82, 2.24) is 9.88 Å². The Balaban J connectivity index is 1.77. The molecule has 2 aliphatic rings. The van der Waals surface area contributed by atoms with E-state index in [0.29, 0.717) is 12.0 Å². The van der Waals surface area contributed by atoms with E-state index in [4.69, 9.17) is 9.47 Å². The number of methoxy groups -OCH3 is 2.